The number of aromatic nitrogens is 3. The van der Waals surface area contributed by atoms with Crippen molar-refractivity contribution in [2.45, 2.75) is 24.7 Å². The molecule has 1 atom stereocenters. The highest BCUT2D eigenvalue weighted by Crippen LogP contribution is 2.26. The number of nitrogens with zero attached hydrogens (tertiary/aromatic N) is 3. The van der Waals surface area contributed by atoms with Crippen molar-refractivity contribution in [3.8, 4) is 0 Å². The lowest BCUT2D eigenvalue weighted by Crippen LogP contribution is -2.27. The zero-order valence-corrected chi connectivity index (χ0v) is 16.0. The number of halogens is 1. The highest BCUT2D eigenvalue weighted by molar-refractivity contribution is 9.09. The maximum absolute atomic E-state index is 13.3. The van der Waals surface area contributed by atoms with Crippen LogP contribution >= 0.6 is 15.9 Å². The standard InChI is InChI=1S/C21H18BrN3O/c1-2-17(22)20-24-19-16(12-15-10-6-7-11-18(15)23-19)21(26)25(20)13-14-8-4-3-5-9-14/h3-12,17H,2,13H2,1H3. The summed E-state index contributed by atoms with van der Waals surface area (Å²) in [5.41, 5.74) is 2.37. The van der Waals surface area contributed by atoms with Gasteiger partial charge in [0, 0.05) is 5.39 Å². The minimum Gasteiger partial charge on any atom is -0.291 e. The molecule has 0 aliphatic carbocycles. The summed E-state index contributed by atoms with van der Waals surface area (Å²) >= 11 is 3.67. The molecule has 0 fully saturated rings. The lowest BCUT2D eigenvalue weighted by Gasteiger charge is -2.16. The first-order valence-electron chi connectivity index (χ1n) is 8.65. The molecule has 5 heteroatoms. The number of alkyl halides is 1. The van der Waals surface area contributed by atoms with Gasteiger partial charge in [0.1, 0.15) is 5.82 Å². The molecule has 2 aromatic heterocycles. The second kappa shape index (κ2) is 7.00. The fourth-order valence-corrected chi connectivity index (χ4v) is 3.46. The Morgan fingerprint density at radius 1 is 1.04 bits per heavy atom. The second-order valence-corrected chi connectivity index (χ2v) is 7.38. The lowest BCUT2D eigenvalue weighted by atomic mass is 10.1. The molecule has 0 aliphatic rings. The van der Waals surface area contributed by atoms with Crippen molar-refractivity contribution >= 4 is 37.9 Å². The zero-order valence-electron chi connectivity index (χ0n) is 14.4. The van der Waals surface area contributed by atoms with Gasteiger partial charge in [-0.15, -0.1) is 0 Å². The van der Waals surface area contributed by atoms with E-state index in [9.17, 15) is 4.79 Å². The van der Waals surface area contributed by atoms with Crippen LogP contribution < -0.4 is 5.56 Å². The Morgan fingerprint density at radius 2 is 1.77 bits per heavy atom. The molecule has 2 aromatic carbocycles. The van der Waals surface area contributed by atoms with E-state index in [0.717, 1.165) is 28.7 Å². The fraction of sp³-hybridized carbons (Fsp3) is 0.190. The topological polar surface area (TPSA) is 47.8 Å². The highest BCUT2D eigenvalue weighted by atomic mass is 79.9. The SMILES string of the molecule is CCC(Br)c1nc2nc3ccccc3cc2c(=O)n1Cc1ccccc1. The van der Waals surface area contributed by atoms with Crippen LogP contribution in [0.5, 0.6) is 0 Å². The largest absolute Gasteiger partial charge is 0.291 e. The van der Waals surface area contributed by atoms with Crippen LogP contribution in [-0.4, -0.2) is 14.5 Å². The first kappa shape index (κ1) is 16.9. The molecule has 26 heavy (non-hydrogen) atoms. The van der Waals surface area contributed by atoms with Crippen LogP contribution in [0.2, 0.25) is 0 Å². The molecule has 2 heterocycles. The van der Waals surface area contributed by atoms with Gasteiger partial charge in [0.25, 0.3) is 5.56 Å². The number of fused-ring (bicyclic) bond motifs is 2. The molecule has 4 rings (SSSR count). The highest BCUT2D eigenvalue weighted by Gasteiger charge is 2.18. The molecule has 0 spiro atoms. The molecule has 0 aliphatic heterocycles. The van der Waals surface area contributed by atoms with Crippen molar-refractivity contribution < 1.29 is 0 Å². The van der Waals surface area contributed by atoms with E-state index < -0.39 is 0 Å². The van der Waals surface area contributed by atoms with Gasteiger partial charge in [0.05, 0.1) is 22.3 Å². The van der Waals surface area contributed by atoms with E-state index in [1.165, 1.54) is 0 Å². The lowest BCUT2D eigenvalue weighted by molar-refractivity contribution is 0.661. The molecule has 4 nitrogen and oxygen atoms in total. The van der Waals surface area contributed by atoms with E-state index in [0.29, 0.717) is 17.6 Å². The fourth-order valence-electron chi connectivity index (χ4n) is 3.11. The molecule has 130 valence electrons. The average molecular weight is 408 g/mol. The summed E-state index contributed by atoms with van der Waals surface area (Å²) in [5, 5.41) is 1.50. The van der Waals surface area contributed by atoms with Crippen LogP contribution in [0.15, 0.2) is 65.5 Å². The maximum Gasteiger partial charge on any atom is 0.263 e. The summed E-state index contributed by atoms with van der Waals surface area (Å²) in [4.78, 5) is 22.7. The normalized spacial score (nSPS) is 12.5. The van der Waals surface area contributed by atoms with Gasteiger partial charge in [-0.3, -0.25) is 9.36 Å². The van der Waals surface area contributed by atoms with Crippen LogP contribution in [-0.2, 0) is 6.54 Å². The van der Waals surface area contributed by atoms with Crippen molar-refractivity contribution in [3.63, 3.8) is 0 Å². The van der Waals surface area contributed by atoms with E-state index in [1.807, 2.05) is 60.7 Å². The number of para-hydroxylation sites is 1. The van der Waals surface area contributed by atoms with Crippen molar-refractivity contribution in [2.75, 3.05) is 0 Å². The third-order valence-corrected chi connectivity index (χ3v) is 5.56. The number of hydrogen-bond donors (Lipinski definition) is 0. The number of rotatable bonds is 4. The Hall–Kier alpha value is -2.53. The molecule has 0 bridgehead atoms. The molecule has 1 unspecified atom stereocenters. The van der Waals surface area contributed by atoms with Gasteiger partial charge < -0.3 is 0 Å². The quantitative estimate of drug-likeness (QED) is 0.359. The first-order valence-corrected chi connectivity index (χ1v) is 9.57. The van der Waals surface area contributed by atoms with Gasteiger partial charge in [-0.25, -0.2) is 9.97 Å². The van der Waals surface area contributed by atoms with Crippen LogP contribution in [0, 0.1) is 0 Å². The Labute approximate surface area is 159 Å². The average Bonchev–Trinajstić information content (AvgIpc) is 2.69. The molecule has 4 aromatic rings. The Kier molecular flexibility index (Phi) is 4.55. The number of pyridine rings is 1. The van der Waals surface area contributed by atoms with Gasteiger partial charge >= 0.3 is 0 Å². The maximum atomic E-state index is 13.3. The summed E-state index contributed by atoms with van der Waals surface area (Å²) < 4.78 is 1.76. The van der Waals surface area contributed by atoms with Gasteiger partial charge in [-0.2, -0.15) is 0 Å². The summed E-state index contributed by atoms with van der Waals surface area (Å²) in [7, 11) is 0. The second-order valence-electron chi connectivity index (χ2n) is 6.27. The van der Waals surface area contributed by atoms with Crippen molar-refractivity contribution in [1.29, 1.82) is 0 Å². The smallest absolute Gasteiger partial charge is 0.263 e. The predicted molar refractivity (Wildman–Crippen MR) is 109 cm³/mol. The summed E-state index contributed by atoms with van der Waals surface area (Å²) in [5.74, 6) is 0.719. The van der Waals surface area contributed by atoms with E-state index in [-0.39, 0.29) is 10.4 Å². The van der Waals surface area contributed by atoms with E-state index >= 15 is 0 Å². The zero-order chi connectivity index (χ0) is 18.1. The van der Waals surface area contributed by atoms with Crippen LogP contribution in [0.4, 0.5) is 0 Å². The van der Waals surface area contributed by atoms with Crippen LogP contribution in [0.3, 0.4) is 0 Å². The third-order valence-electron chi connectivity index (χ3n) is 4.50. The minimum atomic E-state index is -0.0509. The molecule has 0 saturated carbocycles. The number of benzene rings is 2. The number of hydrogen-bond acceptors (Lipinski definition) is 3. The molecule has 0 radical (unpaired) electrons. The van der Waals surface area contributed by atoms with Crippen molar-refractivity contribution in [1.82, 2.24) is 14.5 Å². The Balaban J connectivity index is 1.99. The monoisotopic (exact) mass is 407 g/mol. The van der Waals surface area contributed by atoms with Crippen LogP contribution in [0.1, 0.15) is 29.6 Å². The van der Waals surface area contributed by atoms with Crippen molar-refractivity contribution in [2.24, 2.45) is 0 Å². The third kappa shape index (κ3) is 3.03. The summed E-state index contributed by atoms with van der Waals surface area (Å²) in [6.45, 7) is 2.56. The van der Waals surface area contributed by atoms with Crippen LogP contribution in [0.25, 0.3) is 21.9 Å². The van der Waals surface area contributed by atoms with E-state index in [2.05, 4.69) is 27.8 Å². The van der Waals surface area contributed by atoms with Gasteiger partial charge in [-0.1, -0.05) is 71.4 Å². The van der Waals surface area contributed by atoms with Gasteiger partial charge in [-0.05, 0) is 24.1 Å². The molecule has 0 N–H and O–H groups in total. The molecule has 0 amide bonds. The van der Waals surface area contributed by atoms with E-state index in [4.69, 9.17) is 4.98 Å². The minimum absolute atomic E-state index is 0.00316. The Morgan fingerprint density at radius 3 is 2.54 bits per heavy atom. The van der Waals surface area contributed by atoms with E-state index in [1.54, 1.807) is 4.57 Å². The van der Waals surface area contributed by atoms with Gasteiger partial charge in [0.15, 0.2) is 5.65 Å². The molecular formula is C21H18BrN3O. The van der Waals surface area contributed by atoms with Gasteiger partial charge in [0.2, 0.25) is 0 Å². The predicted octanol–water partition coefficient (Wildman–Crippen LogP) is 4.84. The molecule has 0 saturated heterocycles. The van der Waals surface area contributed by atoms with Crippen molar-refractivity contribution in [3.05, 3.63) is 82.4 Å². The summed E-state index contributed by atoms with van der Waals surface area (Å²) in [6, 6.07) is 19.7. The first-order chi connectivity index (χ1) is 12.7. The molecular weight excluding hydrogens is 390 g/mol. The summed E-state index contributed by atoms with van der Waals surface area (Å²) in [6.07, 6.45) is 0.834. The Bertz CT molecular complexity index is 1140.